The van der Waals surface area contributed by atoms with Crippen LogP contribution in [0.15, 0.2) is 40.3 Å². The Bertz CT molecular complexity index is 1240. The van der Waals surface area contributed by atoms with Gasteiger partial charge in [-0.05, 0) is 44.5 Å². The molecule has 0 aliphatic heterocycles. The maximum Gasteiger partial charge on any atom is 0.374 e. The molecule has 1 aromatic carbocycles. The number of hydrogen-bond acceptors (Lipinski definition) is 7. The molecule has 2 aromatic heterocycles. The average Bonchev–Trinajstić information content (AvgIpc) is 3.31. The third kappa shape index (κ3) is 5.16. The second kappa shape index (κ2) is 10.7. The first-order valence-corrected chi connectivity index (χ1v) is 10.5. The van der Waals surface area contributed by atoms with Crippen molar-refractivity contribution in [2.24, 2.45) is 0 Å². The largest absolute Gasteiger partial charge is 0.460 e. The summed E-state index contributed by atoms with van der Waals surface area (Å²) in [5, 5.41) is 10.2. The fourth-order valence-electron chi connectivity index (χ4n) is 3.61. The Balaban J connectivity index is 1.84. The molecular formula is C25H26N2O6. The first-order chi connectivity index (χ1) is 15.9. The molecule has 0 aliphatic carbocycles. The number of hydrogen-bond donors (Lipinski definition) is 0. The number of rotatable bonds is 9. The number of carbonyl (C=O) groups is 2. The predicted octanol–water partition coefficient (Wildman–Crippen LogP) is 4.32. The summed E-state index contributed by atoms with van der Waals surface area (Å²) in [7, 11) is 1.63. The molecule has 0 bridgehead atoms. The molecule has 0 radical (unpaired) electrons. The van der Waals surface area contributed by atoms with Crippen LogP contribution in [-0.4, -0.2) is 36.8 Å². The molecule has 172 valence electrons. The van der Waals surface area contributed by atoms with Crippen LogP contribution in [0, 0.1) is 25.2 Å². The van der Waals surface area contributed by atoms with E-state index >= 15 is 0 Å². The Labute approximate surface area is 191 Å². The van der Waals surface area contributed by atoms with Gasteiger partial charge in [-0.3, -0.25) is 0 Å². The standard InChI is InChI=1S/C25H26N2O6/c1-5-31-25(29)23-21(20-8-6-7-9-22(20)33-23)15-32-24(28)19(14-26)13-18-12-16(2)27(17(18)3)10-11-30-4/h6-9,12-13H,5,10-11,15H2,1-4H3/b19-13+. The third-order valence-electron chi connectivity index (χ3n) is 5.28. The van der Waals surface area contributed by atoms with Crippen LogP contribution < -0.4 is 0 Å². The SMILES string of the molecule is CCOC(=O)c1oc2ccccc2c1COC(=O)/C(C#N)=C/c1cc(C)n(CCOC)c1C. The van der Waals surface area contributed by atoms with E-state index in [-0.39, 0.29) is 24.5 Å². The number of esters is 2. The molecule has 0 spiro atoms. The number of methoxy groups -OCH3 is 1. The molecule has 0 fully saturated rings. The van der Waals surface area contributed by atoms with Crippen LogP contribution in [0.2, 0.25) is 0 Å². The number of fused-ring (bicyclic) bond motifs is 1. The molecule has 3 aromatic rings. The molecule has 0 N–H and O–H groups in total. The molecule has 0 aliphatic rings. The van der Waals surface area contributed by atoms with E-state index in [4.69, 9.17) is 18.6 Å². The Morgan fingerprint density at radius 3 is 2.67 bits per heavy atom. The number of aryl methyl sites for hydroxylation is 1. The first kappa shape index (κ1) is 23.8. The lowest BCUT2D eigenvalue weighted by Crippen LogP contribution is -2.11. The molecule has 0 saturated carbocycles. The second-order valence-electron chi connectivity index (χ2n) is 7.34. The molecule has 8 heteroatoms. The van der Waals surface area contributed by atoms with Gasteiger partial charge in [-0.25, -0.2) is 9.59 Å². The monoisotopic (exact) mass is 450 g/mol. The molecule has 3 rings (SSSR count). The van der Waals surface area contributed by atoms with Crippen molar-refractivity contribution in [1.29, 1.82) is 5.26 Å². The van der Waals surface area contributed by atoms with Gasteiger partial charge >= 0.3 is 11.9 Å². The smallest absolute Gasteiger partial charge is 0.374 e. The minimum Gasteiger partial charge on any atom is -0.460 e. The lowest BCUT2D eigenvalue weighted by Gasteiger charge is -2.08. The summed E-state index contributed by atoms with van der Waals surface area (Å²) in [5.74, 6) is -1.45. The number of nitrogens with zero attached hydrogens (tertiary/aromatic N) is 2. The van der Waals surface area contributed by atoms with Crippen LogP contribution in [0.4, 0.5) is 0 Å². The van der Waals surface area contributed by atoms with E-state index in [2.05, 4.69) is 4.57 Å². The number of para-hydroxylation sites is 1. The second-order valence-corrected chi connectivity index (χ2v) is 7.34. The van der Waals surface area contributed by atoms with Crippen LogP contribution in [-0.2, 0) is 32.2 Å². The molecular weight excluding hydrogens is 424 g/mol. The lowest BCUT2D eigenvalue weighted by molar-refractivity contribution is -0.139. The van der Waals surface area contributed by atoms with E-state index in [0.29, 0.717) is 29.7 Å². The molecule has 0 amide bonds. The first-order valence-electron chi connectivity index (χ1n) is 10.5. The van der Waals surface area contributed by atoms with Gasteiger partial charge in [0, 0.05) is 30.4 Å². The Morgan fingerprint density at radius 1 is 1.21 bits per heavy atom. The highest BCUT2D eigenvalue weighted by molar-refractivity contribution is 5.99. The van der Waals surface area contributed by atoms with Gasteiger partial charge in [-0.1, -0.05) is 18.2 Å². The molecule has 0 saturated heterocycles. The van der Waals surface area contributed by atoms with Gasteiger partial charge in [0.2, 0.25) is 5.76 Å². The fourth-order valence-corrected chi connectivity index (χ4v) is 3.61. The number of aromatic nitrogens is 1. The zero-order valence-corrected chi connectivity index (χ0v) is 19.1. The van der Waals surface area contributed by atoms with E-state index < -0.39 is 11.9 Å². The van der Waals surface area contributed by atoms with Crippen molar-refractivity contribution in [3.8, 4) is 6.07 Å². The average molecular weight is 450 g/mol. The maximum absolute atomic E-state index is 12.7. The molecule has 0 unspecified atom stereocenters. The summed E-state index contributed by atoms with van der Waals surface area (Å²) in [4.78, 5) is 25.0. The zero-order valence-electron chi connectivity index (χ0n) is 19.1. The number of ether oxygens (including phenoxy) is 3. The summed E-state index contributed by atoms with van der Waals surface area (Å²) < 4.78 is 23.3. The quantitative estimate of drug-likeness (QED) is 0.272. The summed E-state index contributed by atoms with van der Waals surface area (Å²) >= 11 is 0. The molecule has 2 heterocycles. The normalized spacial score (nSPS) is 11.4. The van der Waals surface area contributed by atoms with E-state index in [1.165, 1.54) is 6.08 Å². The van der Waals surface area contributed by atoms with Gasteiger partial charge in [0.05, 0.1) is 18.8 Å². The highest BCUT2D eigenvalue weighted by atomic mass is 16.5. The minimum absolute atomic E-state index is 0.0185. The van der Waals surface area contributed by atoms with Crippen molar-refractivity contribution in [1.82, 2.24) is 4.57 Å². The molecule has 8 nitrogen and oxygen atoms in total. The highest BCUT2D eigenvalue weighted by Gasteiger charge is 2.23. The van der Waals surface area contributed by atoms with Crippen molar-refractivity contribution in [2.45, 2.75) is 33.9 Å². The number of nitriles is 1. The van der Waals surface area contributed by atoms with Crippen molar-refractivity contribution in [3.63, 3.8) is 0 Å². The van der Waals surface area contributed by atoms with Crippen LogP contribution in [0.1, 0.15) is 40.0 Å². The Morgan fingerprint density at radius 2 is 1.97 bits per heavy atom. The number of benzene rings is 1. The Kier molecular flexibility index (Phi) is 7.70. The van der Waals surface area contributed by atoms with Gasteiger partial charge in [-0.2, -0.15) is 5.26 Å². The third-order valence-corrected chi connectivity index (χ3v) is 5.28. The van der Waals surface area contributed by atoms with Gasteiger partial charge in [0.1, 0.15) is 23.8 Å². The van der Waals surface area contributed by atoms with E-state index in [0.717, 1.165) is 17.0 Å². The van der Waals surface area contributed by atoms with Crippen LogP contribution in [0.25, 0.3) is 17.0 Å². The highest BCUT2D eigenvalue weighted by Crippen LogP contribution is 2.28. The number of furan rings is 1. The number of carbonyl (C=O) groups excluding carboxylic acids is 2. The van der Waals surface area contributed by atoms with Crippen molar-refractivity contribution < 1.29 is 28.2 Å². The summed E-state index contributed by atoms with van der Waals surface area (Å²) in [5.41, 5.74) is 3.38. The van der Waals surface area contributed by atoms with E-state index in [1.807, 2.05) is 26.0 Å². The van der Waals surface area contributed by atoms with Crippen LogP contribution >= 0.6 is 0 Å². The summed E-state index contributed by atoms with van der Waals surface area (Å²) in [6, 6.07) is 10.9. The maximum atomic E-state index is 12.7. The molecule has 0 atom stereocenters. The van der Waals surface area contributed by atoms with Crippen molar-refractivity contribution >= 4 is 29.0 Å². The van der Waals surface area contributed by atoms with E-state index in [9.17, 15) is 14.9 Å². The van der Waals surface area contributed by atoms with Gasteiger partial charge in [0.25, 0.3) is 0 Å². The predicted molar refractivity (Wildman–Crippen MR) is 121 cm³/mol. The van der Waals surface area contributed by atoms with Gasteiger partial charge in [0.15, 0.2) is 0 Å². The fraction of sp³-hybridized carbons (Fsp3) is 0.320. The van der Waals surface area contributed by atoms with Crippen LogP contribution in [0.3, 0.4) is 0 Å². The molecule has 33 heavy (non-hydrogen) atoms. The summed E-state index contributed by atoms with van der Waals surface area (Å²) in [6.07, 6.45) is 1.51. The van der Waals surface area contributed by atoms with Crippen molar-refractivity contribution in [2.75, 3.05) is 20.3 Å². The van der Waals surface area contributed by atoms with E-state index in [1.54, 1.807) is 38.3 Å². The van der Waals surface area contributed by atoms with Gasteiger partial charge in [-0.15, -0.1) is 0 Å². The topological polar surface area (TPSA) is 104 Å². The lowest BCUT2D eigenvalue weighted by atomic mass is 10.1. The minimum atomic E-state index is -0.792. The summed E-state index contributed by atoms with van der Waals surface area (Å²) in [6.45, 7) is 6.71. The Hall–Kier alpha value is -3.83. The zero-order chi connectivity index (χ0) is 24.0. The van der Waals surface area contributed by atoms with Crippen molar-refractivity contribution in [3.05, 3.63) is 64.2 Å². The van der Waals surface area contributed by atoms with Crippen LogP contribution in [0.5, 0.6) is 0 Å². The van der Waals surface area contributed by atoms with Gasteiger partial charge < -0.3 is 23.2 Å².